The Kier molecular flexibility index (Phi) is 6.55. The maximum absolute atomic E-state index is 11.6. The van der Waals surface area contributed by atoms with Crippen LogP contribution in [0.2, 0.25) is 0 Å². The van der Waals surface area contributed by atoms with E-state index >= 15 is 0 Å². The molecule has 2 N–H and O–H groups in total. The molecule has 98 valence electrons. The van der Waals surface area contributed by atoms with Crippen molar-refractivity contribution in [1.29, 1.82) is 0 Å². The molecule has 1 aliphatic carbocycles. The minimum absolute atomic E-state index is 0.106. The van der Waals surface area contributed by atoms with E-state index in [1.807, 2.05) is 0 Å². The molecule has 1 rings (SSSR count). The number of rotatable bonds is 6. The van der Waals surface area contributed by atoms with E-state index in [1.165, 1.54) is 6.42 Å². The number of carboxylic acid groups (broad SMARTS) is 1. The maximum atomic E-state index is 11.6. The van der Waals surface area contributed by atoms with Gasteiger partial charge in [-0.05, 0) is 25.2 Å². The minimum Gasteiger partial charge on any atom is -0.480 e. The van der Waals surface area contributed by atoms with Crippen LogP contribution >= 0.6 is 15.9 Å². The quantitative estimate of drug-likeness (QED) is 0.740. The molecule has 1 amide bonds. The van der Waals surface area contributed by atoms with Gasteiger partial charge in [0.05, 0.1) is 0 Å². The van der Waals surface area contributed by atoms with E-state index in [1.54, 1.807) is 0 Å². The lowest BCUT2D eigenvalue weighted by atomic mass is 9.84. The van der Waals surface area contributed by atoms with Crippen LogP contribution in [-0.4, -0.2) is 28.4 Å². The van der Waals surface area contributed by atoms with Gasteiger partial charge < -0.3 is 10.4 Å². The van der Waals surface area contributed by atoms with Gasteiger partial charge in [0.25, 0.3) is 0 Å². The Morgan fingerprint density at radius 2 is 1.94 bits per heavy atom. The van der Waals surface area contributed by atoms with Crippen LogP contribution in [0, 0.1) is 5.92 Å². The highest BCUT2D eigenvalue weighted by molar-refractivity contribution is 9.09. The van der Waals surface area contributed by atoms with Gasteiger partial charge in [0, 0.05) is 11.8 Å². The van der Waals surface area contributed by atoms with Gasteiger partial charge in [-0.15, -0.1) is 0 Å². The van der Waals surface area contributed by atoms with Crippen LogP contribution in [0.5, 0.6) is 0 Å². The number of hydrogen-bond donors (Lipinski definition) is 2. The Labute approximate surface area is 110 Å². The zero-order valence-corrected chi connectivity index (χ0v) is 11.5. The molecule has 5 heteroatoms. The van der Waals surface area contributed by atoms with E-state index in [4.69, 9.17) is 0 Å². The summed E-state index contributed by atoms with van der Waals surface area (Å²) in [5.74, 6) is -0.944. The lowest BCUT2D eigenvalue weighted by Crippen LogP contribution is -2.46. The summed E-state index contributed by atoms with van der Waals surface area (Å²) in [7, 11) is 0. The average Bonchev–Trinajstić information content (AvgIpc) is 2.34. The van der Waals surface area contributed by atoms with Crippen molar-refractivity contribution in [3.05, 3.63) is 0 Å². The first-order chi connectivity index (χ1) is 8.15. The van der Waals surface area contributed by atoms with Crippen molar-refractivity contribution in [2.75, 3.05) is 5.33 Å². The van der Waals surface area contributed by atoms with Gasteiger partial charge in [0.15, 0.2) is 0 Å². The minimum atomic E-state index is -0.899. The second-order valence-electron chi connectivity index (χ2n) is 4.57. The molecule has 0 unspecified atom stereocenters. The van der Waals surface area contributed by atoms with Crippen molar-refractivity contribution in [2.45, 2.75) is 51.0 Å². The van der Waals surface area contributed by atoms with Gasteiger partial charge in [-0.2, -0.15) is 0 Å². The molecule has 0 spiro atoms. The molecule has 1 fully saturated rings. The van der Waals surface area contributed by atoms with E-state index in [-0.39, 0.29) is 11.8 Å². The molecule has 0 saturated heterocycles. The Hall–Kier alpha value is -0.580. The zero-order chi connectivity index (χ0) is 12.7. The van der Waals surface area contributed by atoms with Crippen molar-refractivity contribution in [1.82, 2.24) is 5.32 Å². The first-order valence-corrected chi connectivity index (χ1v) is 7.35. The molecule has 1 aliphatic rings. The Morgan fingerprint density at radius 1 is 1.29 bits per heavy atom. The standard InChI is InChI=1S/C12H20BrNO3/c13-8-4-7-10(15)14-11(12(16)17)9-5-2-1-3-6-9/h9,11H,1-8H2,(H,14,15)(H,16,17)/t11-/m1/s1. The van der Waals surface area contributed by atoms with Crippen molar-refractivity contribution in [3.63, 3.8) is 0 Å². The molecule has 1 atom stereocenters. The first-order valence-electron chi connectivity index (χ1n) is 6.23. The fraction of sp³-hybridized carbons (Fsp3) is 0.833. The van der Waals surface area contributed by atoms with Gasteiger partial charge in [0.2, 0.25) is 5.91 Å². The third-order valence-corrected chi connectivity index (χ3v) is 3.80. The first kappa shape index (κ1) is 14.5. The van der Waals surface area contributed by atoms with Crippen molar-refractivity contribution in [3.8, 4) is 0 Å². The molecule has 17 heavy (non-hydrogen) atoms. The van der Waals surface area contributed by atoms with Crippen LogP contribution < -0.4 is 5.32 Å². The van der Waals surface area contributed by atoms with Gasteiger partial charge in [0.1, 0.15) is 6.04 Å². The van der Waals surface area contributed by atoms with Crippen molar-refractivity contribution in [2.24, 2.45) is 5.92 Å². The Balaban J connectivity index is 2.47. The summed E-state index contributed by atoms with van der Waals surface area (Å²) in [5.41, 5.74) is 0. The highest BCUT2D eigenvalue weighted by Gasteiger charge is 2.30. The van der Waals surface area contributed by atoms with E-state index in [0.29, 0.717) is 6.42 Å². The third-order valence-electron chi connectivity index (χ3n) is 3.24. The van der Waals surface area contributed by atoms with Crippen LogP contribution in [0.25, 0.3) is 0 Å². The number of carbonyl (C=O) groups is 2. The molecule has 4 nitrogen and oxygen atoms in total. The molecule has 1 saturated carbocycles. The predicted molar refractivity (Wildman–Crippen MR) is 69.2 cm³/mol. The normalized spacial score (nSPS) is 18.6. The average molecular weight is 306 g/mol. The highest BCUT2D eigenvalue weighted by Crippen LogP contribution is 2.26. The molecule has 0 aromatic carbocycles. The van der Waals surface area contributed by atoms with E-state index < -0.39 is 12.0 Å². The lowest BCUT2D eigenvalue weighted by Gasteiger charge is -2.28. The van der Waals surface area contributed by atoms with Gasteiger partial charge in [-0.1, -0.05) is 35.2 Å². The maximum Gasteiger partial charge on any atom is 0.326 e. The third kappa shape index (κ3) is 5.06. The summed E-state index contributed by atoms with van der Waals surface area (Å²) in [6, 6.07) is -0.696. The molecule has 0 radical (unpaired) electrons. The predicted octanol–water partition coefficient (Wildman–Crippen LogP) is 2.31. The van der Waals surface area contributed by atoms with Crippen LogP contribution in [0.1, 0.15) is 44.9 Å². The topological polar surface area (TPSA) is 66.4 Å². The van der Waals surface area contributed by atoms with E-state index in [0.717, 1.165) is 37.4 Å². The van der Waals surface area contributed by atoms with Gasteiger partial charge in [-0.3, -0.25) is 4.79 Å². The summed E-state index contributed by atoms with van der Waals surface area (Å²) in [4.78, 5) is 22.7. The van der Waals surface area contributed by atoms with Gasteiger partial charge in [-0.25, -0.2) is 4.79 Å². The molecular formula is C12H20BrNO3. The smallest absolute Gasteiger partial charge is 0.326 e. The SMILES string of the molecule is O=C(CCCBr)N[C@@H](C(=O)O)C1CCCCC1. The number of halogens is 1. The Morgan fingerprint density at radius 3 is 2.47 bits per heavy atom. The summed E-state index contributed by atoms with van der Waals surface area (Å²) in [6.45, 7) is 0. The summed E-state index contributed by atoms with van der Waals surface area (Å²) in [5, 5.41) is 12.6. The fourth-order valence-electron chi connectivity index (χ4n) is 2.32. The number of hydrogen-bond acceptors (Lipinski definition) is 2. The molecule has 0 aliphatic heterocycles. The number of carbonyl (C=O) groups excluding carboxylic acids is 1. The molecular weight excluding hydrogens is 286 g/mol. The summed E-state index contributed by atoms with van der Waals surface area (Å²) < 4.78 is 0. The molecule has 0 bridgehead atoms. The van der Waals surface area contributed by atoms with Crippen molar-refractivity contribution >= 4 is 27.8 Å². The largest absolute Gasteiger partial charge is 0.480 e. The zero-order valence-electron chi connectivity index (χ0n) is 9.95. The second-order valence-corrected chi connectivity index (χ2v) is 5.37. The van der Waals surface area contributed by atoms with E-state index in [2.05, 4.69) is 21.2 Å². The fourth-order valence-corrected chi connectivity index (χ4v) is 2.60. The van der Waals surface area contributed by atoms with Crippen LogP contribution in [0.3, 0.4) is 0 Å². The number of nitrogens with one attached hydrogen (secondary N) is 1. The summed E-state index contributed by atoms with van der Waals surface area (Å²) in [6.07, 6.45) is 6.29. The molecule has 0 heterocycles. The number of carboxylic acids is 1. The van der Waals surface area contributed by atoms with Crippen LogP contribution in [0.4, 0.5) is 0 Å². The van der Waals surface area contributed by atoms with Crippen LogP contribution in [-0.2, 0) is 9.59 Å². The van der Waals surface area contributed by atoms with Crippen molar-refractivity contribution < 1.29 is 14.7 Å². The summed E-state index contributed by atoms with van der Waals surface area (Å²) >= 11 is 3.25. The van der Waals surface area contributed by atoms with E-state index in [9.17, 15) is 14.7 Å². The molecule has 0 aromatic rings. The lowest BCUT2D eigenvalue weighted by molar-refractivity contribution is -0.143. The van der Waals surface area contributed by atoms with Gasteiger partial charge >= 0.3 is 5.97 Å². The Bertz CT molecular complexity index is 264. The highest BCUT2D eigenvalue weighted by atomic mass is 79.9. The number of aliphatic carboxylic acids is 1. The number of amides is 1. The van der Waals surface area contributed by atoms with Crippen LogP contribution in [0.15, 0.2) is 0 Å². The second kappa shape index (κ2) is 7.69. The number of alkyl halides is 1. The monoisotopic (exact) mass is 305 g/mol. The molecule has 0 aromatic heterocycles.